The summed E-state index contributed by atoms with van der Waals surface area (Å²) in [5, 5.41) is 9.06. The molecule has 1 N–H and O–H groups in total. The van der Waals surface area contributed by atoms with Crippen molar-refractivity contribution in [3.63, 3.8) is 0 Å². The van der Waals surface area contributed by atoms with Crippen LogP contribution in [-0.2, 0) is 16.0 Å². The molecule has 1 amide bonds. The van der Waals surface area contributed by atoms with E-state index in [4.69, 9.17) is 5.11 Å². The van der Waals surface area contributed by atoms with Gasteiger partial charge in [-0.05, 0) is 52.7 Å². The van der Waals surface area contributed by atoms with E-state index >= 15 is 0 Å². The van der Waals surface area contributed by atoms with E-state index in [2.05, 4.69) is 15.9 Å². The number of piperidine rings is 1. The summed E-state index contributed by atoms with van der Waals surface area (Å²) in [5.41, 5.74) is -0.00538. The molecule has 20 heavy (non-hydrogen) atoms. The summed E-state index contributed by atoms with van der Waals surface area (Å²) in [7, 11) is 0. The fourth-order valence-electron chi connectivity index (χ4n) is 3.16. The fourth-order valence-corrected chi connectivity index (χ4v) is 4.63. The van der Waals surface area contributed by atoms with E-state index in [9.17, 15) is 9.59 Å². The number of aliphatic carboxylic acids is 1. The molecule has 2 aliphatic rings. The minimum absolute atomic E-state index is 0.00538. The maximum atomic E-state index is 12.2. The number of thiophene rings is 1. The number of rotatable bonds is 3. The van der Waals surface area contributed by atoms with Gasteiger partial charge in [0, 0.05) is 18.0 Å². The van der Waals surface area contributed by atoms with Crippen LogP contribution in [0.2, 0.25) is 0 Å². The number of halogens is 1. The molecule has 2 heterocycles. The zero-order chi connectivity index (χ0) is 14.3. The molecular weight excluding hydrogens is 342 g/mol. The van der Waals surface area contributed by atoms with E-state index in [1.165, 1.54) is 0 Å². The molecule has 108 valence electrons. The van der Waals surface area contributed by atoms with Crippen LogP contribution in [0.3, 0.4) is 0 Å². The molecule has 4 nitrogen and oxygen atoms in total. The van der Waals surface area contributed by atoms with Crippen molar-refractivity contribution in [1.29, 1.82) is 0 Å². The van der Waals surface area contributed by atoms with Crippen LogP contribution in [-0.4, -0.2) is 35.0 Å². The summed E-state index contributed by atoms with van der Waals surface area (Å²) >= 11 is 4.99. The van der Waals surface area contributed by atoms with Gasteiger partial charge in [0.25, 0.3) is 0 Å². The molecule has 1 unspecified atom stereocenters. The van der Waals surface area contributed by atoms with Crippen molar-refractivity contribution in [2.75, 3.05) is 13.1 Å². The Balaban J connectivity index is 1.53. The van der Waals surface area contributed by atoms with Crippen LogP contribution < -0.4 is 0 Å². The SMILES string of the molecule is O=C(O)C1CC12CCN(C(=O)Cc1ccc(Br)s1)CC2. The van der Waals surface area contributed by atoms with Gasteiger partial charge in [0.15, 0.2) is 0 Å². The van der Waals surface area contributed by atoms with Gasteiger partial charge in [-0.1, -0.05) is 0 Å². The van der Waals surface area contributed by atoms with Gasteiger partial charge in [-0.25, -0.2) is 0 Å². The first-order valence-corrected chi connectivity index (χ1v) is 8.36. The summed E-state index contributed by atoms with van der Waals surface area (Å²) in [5.74, 6) is -0.692. The molecule has 1 aromatic heterocycles. The predicted molar refractivity (Wildman–Crippen MR) is 79.7 cm³/mol. The van der Waals surface area contributed by atoms with Gasteiger partial charge >= 0.3 is 5.97 Å². The number of likely N-dealkylation sites (tertiary alicyclic amines) is 1. The van der Waals surface area contributed by atoms with Crippen molar-refractivity contribution in [3.8, 4) is 0 Å². The number of carboxylic acid groups (broad SMARTS) is 1. The fraction of sp³-hybridized carbons (Fsp3) is 0.571. The monoisotopic (exact) mass is 357 g/mol. The van der Waals surface area contributed by atoms with E-state index < -0.39 is 5.97 Å². The molecule has 6 heteroatoms. The van der Waals surface area contributed by atoms with Crippen LogP contribution in [0.15, 0.2) is 15.9 Å². The quantitative estimate of drug-likeness (QED) is 0.904. The van der Waals surface area contributed by atoms with Crippen LogP contribution in [0.25, 0.3) is 0 Å². The second-order valence-corrected chi connectivity index (χ2v) is 8.27. The number of hydrogen-bond acceptors (Lipinski definition) is 3. The van der Waals surface area contributed by atoms with Gasteiger partial charge in [-0.3, -0.25) is 9.59 Å². The Hall–Kier alpha value is -0.880. The number of carbonyl (C=O) groups is 2. The van der Waals surface area contributed by atoms with Gasteiger partial charge in [0.1, 0.15) is 0 Å². The number of carbonyl (C=O) groups excluding carboxylic acids is 1. The van der Waals surface area contributed by atoms with E-state index in [-0.39, 0.29) is 17.2 Å². The first-order chi connectivity index (χ1) is 9.50. The predicted octanol–water partition coefficient (Wildman–Crippen LogP) is 2.77. The number of nitrogens with zero attached hydrogens (tertiary/aromatic N) is 1. The average molecular weight is 358 g/mol. The minimum atomic E-state index is -0.673. The van der Waals surface area contributed by atoms with Crippen molar-refractivity contribution in [2.24, 2.45) is 11.3 Å². The number of carboxylic acids is 1. The summed E-state index contributed by atoms with van der Waals surface area (Å²) in [6.45, 7) is 1.41. The second kappa shape index (κ2) is 5.15. The Morgan fingerprint density at radius 2 is 2.10 bits per heavy atom. The Bertz CT molecular complexity index is 548. The first-order valence-electron chi connectivity index (χ1n) is 6.75. The maximum Gasteiger partial charge on any atom is 0.307 e. The number of hydrogen-bond donors (Lipinski definition) is 1. The lowest BCUT2D eigenvalue weighted by atomic mass is 9.90. The summed E-state index contributed by atoms with van der Waals surface area (Å²) in [4.78, 5) is 26.2. The Morgan fingerprint density at radius 1 is 1.40 bits per heavy atom. The van der Waals surface area contributed by atoms with E-state index in [1.807, 2.05) is 17.0 Å². The van der Waals surface area contributed by atoms with Crippen molar-refractivity contribution < 1.29 is 14.7 Å². The Kier molecular flexibility index (Phi) is 3.62. The molecule has 0 bridgehead atoms. The second-order valence-electron chi connectivity index (χ2n) is 5.72. The zero-order valence-electron chi connectivity index (χ0n) is 11.0. The molecule has 2 fully saturated rings. The van der Waals surface area contributed by atoms with Crippen molar-refractivity contribution in [1.82, 2.24) is 4.90 Å². The zero-order valence-corrected chi connectivity index (χ0v) is 13.4. The first kappa shape index (κ1) is 14.1. The highest BCUT2D eigenvalue weighted by atomic mass is 79.9. The summed E-state index contributed by atoms with van der Waals surface area (Å²) in [6.07, 6.45) is 2.92. The minimum Gasteiger partial charge on any atom is -0.481 e. The van der Waals surface area contributed by atoms with Gasteiger partial charge in [-0.15, -0.1) is 11.3 Å². The molecule has 1 saturated heterocycles. The van der Waals surface area contributed by atoms with E-state index in [1.54, 1.807) is 11.3 Å². The topological polar surface area (TPSA) is 57.6 Å². The highest BCUT2D eigenvalue weighted by Gasteiger charge is 2.59. The van der Waals surface area contributed by atoms with E-state index in [0.29, 0.717) is 19.5 Å². The maximum absolute atomic E-state index is 12.2. The third-order valence-electron chi connectivity index (χ3n) is 4.55. The van der Waals surface area contributed by atoms with Crippen LogP contribution in [0, 0.1) is 11.3 Å². The van der Waals surface area contributed by atoms with Gasteiger partial charge in [0.05, 0.1) is 16.1 Å². The normalized spacial score (nSPS) is 23.9. The van der Waals surface area contributed by atoms with Gasteiger partial charge in [0.2, 0.25) is 5.91 Å². The van der Waals surface area contributed by atoms with Crippen LogP contribution in [0.1, 0.15) is 24.1 Å². The third-order valence-corrected chi connectivity index (χ3v) is 6.18. The molecule has 0 radical (unpaired) electrons. The molecular formula is C14H16BrNO3S. The average Bonchev–Trinajstić information content (AvgIpc) is 2.96. The lowest BCUT2D eigenvalue weighted by molar-refractivity contribution is -0.139. The van der Waals surface area contributed by atoms with Crippen LogP contribution in [0.5, 0.6) is 0 Å². The van der Waals surface area contributed by atoms with Gasteiger partial charge < -0.3 is 10.0 Å². The standard InChI is InChI=1S/C14H16BrNO3S/c15-11-2-1-9(20-11)7-12(17)16-5-3-14(4-6-16)8-10(14)13(18)19/h1-2,10H,3-8H2,(H,18,19). The van der Waals surface area contributed by atoms with Crippen molar-refractivity contribution in [2.45, 2.75) is 25.7 Å². The van der Waals surface area contributed by atoms with Gasteiger partial charge in [-0.2, -0.15) is 0 Å². The highest BCUT2D eigenvalue weighted by molar-refractivity contribution is 9.11. The third kappa shape index (κ3) is 2.63. The van der Waals surface area contributed by atoms with Crippen molar-refractivity contribution >= 4 is 39.1 Å². The molecule has 1 saturated carbocycles. The molecule has 0 aromatic carbocycles. The molecule has 1 aliphatic heterocycles. The highest BCUT2D eigenvalue weighted by Crippen LogP contribution is 2.59. The molecule has 1 aliphatic carbocycles. The lowest BCUT2D eigenvalue weighted by Crippen LogP contribution is -2.40. The van der Waals surface area contributed by atoms with Crippen LogP contribution >= 0.6 is 27.3 Å². The number of amides is 1. The summed E-state index contributed by atoms with van der Waals surface area (Å²) in [6, 6.07) is 3.93. The summed E-state index contributed by atoms with van der Waals surface area (Å²) < 4.78 is 1.04. The Labute approximate surface area is 129 Å². The largest absolute Gasteiger partial charge is 0.481 e. The molecule has 1 aromatic rings. The molecule has 1 spiro atoms. The molecule has 1 atom stereocenters. The van der Waals surface area contributed by atoms with Crippen molar-refractivity contribution in [3.05, 3.63) is 20.8 Å². The van der Waals surface area contributed by atoms with Crippen LogP contribution in [0.4, 0.5) is 0 Å². The Morgan fingerprint density at radius 3 is 2.60 bits per heavy atom. The lowest BCUT2D eigenvalue weighted by Gasteiger charge is -2.32. The molecule has 3 rings (SSSR count). The smallest absolute Gasteiger partial charge is 0.307 e. The van der Waals surface area contributed by atoms with E-state index in [0.717, 1.165) is 27.9 Å².